The summed E-state index contributed by atoms with van der Waals surface area (Å²) in [6, 6.07) is 12.4. The highest BCUT2D eigenvalue weighted by Crippen LogP contribution is 2.29. The number of nitrogens with one attached hydrogen (secondary N) is 1. The van der Waals surface area contributed by atoms with Gasteiger partial charge in [-0.3, -0.25) is 0 Å². The Balaban J connectivity index is 2.19. The molecule has 0 radical (unpaired) electrons. The molecule has 0 aliphatic heterocycles. The second kappa shape index (κ2) is 7.26. The third-order valence-electron chi connectivity index (χ3n) is 3.58. The van der Waals surface area contributed by atoms with Gasteiger partial charge in [0.2, 0.25) is 0 Å². The SMILES string of the molecule is CCC(NC(C)c1ccccc1F)c1ccc(Cl)c(Cl)c1. The highest BCUT2D eigenvalue weighted by Gasteiger charge is 2.16. The summed E-state index contributed by atoms with van der Waals surface area (Å²) in [7, 11) is 0. The van der Waals surface area contributed by atoms with Crippen molar-refractivity contribution in [3.8, 4) is 0 Å². The molecule has 1 N–H and O–H groups in total. The number of hydrogen-bond donors (Lipinski definition) is 1. The van der Waals surface area contributed by atoms with Gasteiger partial charge in [-0.15, -0.1) is 0 Å². The van der Waals surface area contributed by atoms with Gasteiger partial charge in [0.05, 0.1) is 10.0 Å². The molecule has 0 aliphatic rings. The minimum absolute atomic E-state index is 0.0920. The normalized spacial score (nSPS) is 14.0. The van der Waals surface area contributed by atoms with E-state index in [0.717, 1.165) is 12.0 Å². The molecule has 0 amide bonds. The van der Waals surface area contributed by atoms with Crippen LogP contribution >= 0.6 is 23.2 Å². The second-order valence-corrected chi connectivity index (χ2v) is 5.86. The van der Waals surface area contributed by atoms with Crippen molar-refractivity contribution in [2.75, 3.05) is 0 Å². The van der Waals surface area contributed by atoms with Gasteiger partial charge in [0, 0.05) is 17.6 Å². The molecule has 2 aromatic carbocycles. The molecule has 21 heavy (non-hydrogen) atoms. The van der Waals surface area contributed by atoms with E-state index in [9.17, 15) is 4.39 Å². The molecule has 0 aromatic heterocycles. The molecule has 1 nitrogen and oxygen atoms in total. The van der Waals surface area contributed by atoms with Gasteiger partial charge in [0.15, 0.2) is 0 Å². The van der Waals surface area contributed by atoms with Crippen LogP contribution in [0.3, 0.4) is 0 Å². The first-order valence-electron chi connectivity index (χ1n) is 6.98. The maximum atomic E-state index is 13.8. The Bertz CT molecular complexity index is 615. The van der Waals surface area contributed by atoms with Gasteiger partial charge in [-0.25, -0.2) is 4.39 Å². The van der Waals surface area contributed by atoms with Crippen molar-refractivity contribution in [1.29, 1.82) is 0 Å². The fourth-order valence-electron chi connectivity index (χ4n) is 2.40. The Kier molecular flexibility index (Phi) is 5.63. The van der Waals surface area contributed by atoms with Crippen LogP contribution in [0.5, 0.6) is 0 Å². The average molecular weight is 326 g/mol. The van der Waals surface area contributed by atoms with Crippen molar-refractivity contribution < 1.29 is 4.39 Å². The van der Waals surface area contributed by atoms with E-state index in [1.807, 2.05) is 25.1 Å². The van der Waals surface area contributed by atoms with Crippen molar-refractivity contribution in [1.82, 2.24) is 5.32 Å². The Labute approximate surface area is 135 Å². The molecular weight excluding hydrogens is 308 g/mol. The van der Waals surface area contributed by atoms with Crippen LogP contribution in [0.4, 0.5) is 4.39 Å². The predicted octanol–water partition coefficient (Wildman–Crippen LogP) is 5.93. The van der Waals surface area contributed by atoms with Crippen LogP contribution < -0.4 is 5.32 Å². The number of rotatable bonds is 5. The minimum Gasteiger partial charge on any atom is -0.303 e. The van der Waals surface area contributed by atoms with Gasteiger partial charge in [-0.1, -0.05) is 54.4 Å². The quantitative estimate of drug-likeness (QED) is 0.717. The summed E-state index contributed by atoms with van der Waals surface area (Å²) in [5.41, 5.74) is 1.71. The maximum absolute atomic E-state index is 13.8. The lowest BCUT2D eigenvalue weighted by Crippen LogP contribution is -2.25. The zero-order valence-corrected chi connectivity index (χ0v) is 13.5. The summed E-state index contributed by atoms with van der Waals surface area (Å²) < 4.78 is 13.8. The van der Waals surface area contributed by atoms with Crippen molar-refractivity contribution in [2.45, 2.75) is 32.4 Å². The molecule has 0 bridgehead atoms. The molecule has 2 atom stereocenters. The lowest BCUT2D eigenvalue weighted by Gasteiger charge is -2.23. The van der Waals surface area contributed by atoms with Crippen molar-refractivity contribution in [3.05, 3.63) is 69.5 Å². The summed E-state index contributed by atoms with van der Waals surface area (Å²) in [6.45, 7) is 4.03. The molecule has 112 valence electrons. The van der Waals surface area contributed by atoms with E-state index < -0.39 is 0 Å². The van der Waals surface area contributed by atoms with E-state index in [4.69, 9.17) is 23.2 Å². The second-order valence-electron chi connectivity index (χ2n) is 5.04. The van der Waals surface area contributed by atoms with E-state index in [1.54, 1.807) is 18.2 Å². The van der Waals surface area contributed by atoms with Crippen LogP contribution in [0.15, 0.2) is 42.5 Å². The molecule has 2 rings (SSSR count). The first-order valence-corrected chi connectivity index (χ1v) is 7.74. The van der Waals surface area contributed by atoms with E-state index in [0.29, 0.717) is 15.6 Å². The summed E-state index contributed by atoms with van der Waals surface area (Å²) in [5.74, 6) is -0.193. The molecule has 0 spiro atoms. The predicted molar refractivity (Wildman–Crippen MR) is 87.4 cm³/mol. The molecular formula is C17H18Cl2FN. The zero-order valence-electron chi connectivity index (χ0n) is 12.0. The van der Waals surface area contributed by atoms with Crippen molar-refractivity contribution in [2.24, 2.45) is 0 Å². The number of hydrogen-bond acceptors (Lipinski definition) is 1. The van der Waals surface area contributed by atoms with Crippen LogP contribution in [0.25, 0.3) is 0 Å². The Morgan fingerprint density at radius 3 is 2.43 bits per heavy atom. The first-order chi connectivity index (χ1) is 10.0. The van der Waals surface area contributed by atoms with Gasteiger partial charge in [0.25, 0.3) is 0 Å². The number of benzene rings is 2. The monoisotopic (exact) mass is 325 g/mol. The Morgan fingerprint density at radius 1 is 1.10 bits per heavy atom. The molecule has 0 saturated carbocycles. The number of halogens is 3. The lowest BCUT2D eigenvalue weighted by atomic mass is 10.0. The molecule has 0 fully saturated rings. The largest absolute Gasteiger partial charge is 0.303 e. The molecule has 4 heteroatoms. The average Bonchev–Trinajstić information content (AvgIpc) is 2.48. The zero-order chi connectivity index (χ0) is 15.4. The standard InChI is InChI=1S/C17H18Cl2FN/c1-3-17(12-8-9-14(18)15(19)10-12)21-11(2)13-6-4-5-7-16(13)20/h4-11,17,21H,3H2,1-2H3. The maximum Gasteiger partial charge on any atom is 0.127 e. The molecule has 0 heterocycles. The Hall–Kier alpha value is -1.09. The van der Waals surface area contributed by atoms with Gasteiger partial charge < -0.3 is 5.32 Å². The van der Waals surface area contributed by atoms with E-state index in [-0.39, 0.29) is 17.9 Å². The van der Waals surface area contributed by atoms with Gasteiger partial charge in [-0.05, 0) is 37.1 Å². The van der Waals surface area contributed by atoms with Crippen LogP contribution in [0, 0.1) is 5.82 Å². The molecule has 0 saturated heterocycles. The van der Waals surface area contributed by atoms with Crippen molar-refractivity contribution in [3.63, 3.8) is 0 Å². The van der Waals surface area contributed by atoms with Gasteiger partial charge in [-0.2, -0.15) is 0 Å². The molecule has 2 aromatic rings. The summed E-state index contributed by atoms with van der Waals surface area (Å²) in [6.07, 6.45) is 0.872. The smallest absolute Gasteiger partial charge is 0.127 e. The van der Waals surface area contributed by atoms with E-state index >= 15 is 0 Å². The highest BCUT2D eigenvalue weighted by molar-refractivity contribution is 6.42. The van der Waals surface area contributed by atoms with Crippen LogP contribution in [0.1, 0.15) is 43.5 Å². The van der Waals surface area contributed by atoms with E-state index in [2.05, 4.69) is 12.2 Å². The third kappa shape index (κ3) is 3.97. The molecule has 0 aliphatic carbocycles. The molecule has 2 unspecified atom stereocenters. The Morgan fingerprint density at radius 2 is 1.81 bits per heavy atom. The van der Waals surface area contributed by atoms with Crippen LogP contribution in [-0.4, -0.2) is 0 Å². The fraction of sp³-hybridized carbons (Fsp3) is 0.294. The minimum atomic E-state index is -0.193. The summed E-state index contributed by atoms with van der Waals surface area (Å²) in [4.78, 5) is 0. The third-order valence-corrected chi connectivity index (χ3v) is 4.32. The summed E-state index contributed by atoms with van der Waals surface area (Å²) in [5, 5.41) is 4.52. The first kappa shape index (κ1) is 16.3. The van der Waals surface area contributed by atoms with E-state index in [1.165, 1.54) is 6.07 Å². The van der Waals surface area contributed by atoms with Crippen LogP contribution in [-0.2, 0) is 0 Å². The lowest BCUT2D eigenvalue weighted by molar-refractivity contribution is 0.443. The van der Waals surface area contributed by atoms with Crippen LogP contribution in [0.2, 0.25) is 10.0 Å². The van der Waals surface area contributed by atoms with Crippen molar-refractivity contribution >= 4 is 23.2 Å². The fourth-order valence-corrected chi connectivity index (χ4v) is 2.70. The summed E-state index contributed by atoms with van der Waals surface area (Å²) >= 11 is 12.0. The highest BCUT2D eigenvalue weighted by atomic mass is 35.5. The van der Waals surface area contributed by atoms with Gasteiger partial charge >= 0.3 is 0 Å². The van der Waals surface area contributed by atoms with Gasteiger partial charge in [0.1, 0.15) is 5.82 Å². The topological polar surface area (TPSA) is 12.0 Å².